The molecule has 0 aliphatic rings. The molecule has 0 fully saturated rings. The lowest BCUT2D eigenvalue weighted by molar-refractivity contribution is -0.161. The van der Waals surface area contributed by atoms with Gasteiger partial charge in [0.2, 0.25) is 0 Å². The van der Waals surface area contributed by atoms with Crippen LogP contribution in [-0.4, -0.2) is 96.7 Å². The number of carbonyl (C=O) groups is 4. The van der Waals surface area contributed by atoms with Crippen molar-refractivity contribution in [3.8, 4) is 0 Å². The Morgan fingerprint density at radius 1 is 0.299 bits per heavy atom. The standard InChI is InChI=1S/C78H152O17P2/c1-7-10-12-14-16-18-20-22-24-25-26-27-28-30-32-36-44-50-56-62-77(82)94-73(66-88-75(80)60-54-48-42-35-31-29-23-21-19-17-15-13-11-8-2)68-92-96(84,85)90-64-72(79)65-91-97(86,87)93-69-74(95-78(83)63-57-51-45-37-33-34-40-46-52-58-70(4)5)67-89-76(81)61-55-49-43-39-38-41-47-53-59-71(6)9-3/h70-74,79H,7-69H2,1-6H3,(H,84,85)(H,86,87)/t71?,72-,73-,74-/m1/s1. The zero-order chi connectivity index (χ0) is 71.4. The Morgan fingerprint density at radius 3 is 0.784 bits per heavy atom. The molecule has 0 aliphatic carbocycles. The van der Waals surface area contributed by atoms with Crippen molar-refractivity contribution < 1.29 is 80.2 Å². The zero-order valence-corrected chi connectivity index (χ0v) is 65.2. The van der Waals surface area contributed by atoms with Gasteiger partial charge in [0.25, 0.3) is 0 Å². The molecule has 0 aromatic rings. The lowest BCUT2D eigenvalue weighted by atomic mass is 9.99. The zero-order valence-electron chi connectivity index (χ0n) is 63.4. The van der Waals surface area contributed by atoms with E-state index in [1.807, 2.05) is 0 Å². The minimum atomic E-state index is -4.96. The van der Waals surface area contributed by atoms with Crippen LogP contribution in [0.5, 0.6) is 0 Å². The van der Waals surface area contributed by atoms with Crippen molar-refractivity contribution in [3.05, 3.63) is 0 Å². The van der Waals surface area contributed by atoms with Crippen LogP contribution in [0.3, 0.4) is 0 Å². The van der Waals surface area contributed by atoms with Crippen molar-refractivity contribution in [2.75, 3.05) is 39.6 Å². The first kappa shape index (κ1) is 95.1. The molecule has 0 amide bonds. The lowest BCUT2D eigenvalue weighted by Crippen LogP contribution is -2.30. The van der Waals surface area contributed by atoms with Gasteiger partial charge in [-0.1, -0.05) is 356 Å². The summed E-state index contributed by atoms with van der Waals surface area (Å²) >= 11 is 0. The molecule has 19 heteroatoms. The first-order valence-electron chi connectivity index (χ1n) is 40.5. The maximum absolute atomic E-state index is 13.1. The number of aliphatic hydroxyl groups excluding tert-OH is 1. The minimum Gasteiger partial charge on any atom is -0.462 e. The van der Waals surface area contributed by atoms with Gasteiger partial charge in [0, 0.05) is 25.7 Å². The van der Waals surface area contributed by atoms with Gasteiger partial charge in [0.15, 0.2) is 12.2 Å². The lowest BCUT2D eigenvalue weighted by Gasteiger charge is -2.21. The summed E-state index contributed by atoms with van der Waals surface area (Å²) in [4.78, 5) is 72.9. The van der Waals surface area contributed by atoms with E-state index in [2.05, 4.69) is 41.5 Å². The fourth-order valence-corrected chi connectivity index (χ4v) is 13.6. The summed E-state index contributed by atoms with van der Waals surface area (Å²) in [6.45, 7) is 9.59. The van der Waals surface area contributed by atoms with Crippen molar-refractivity contribution in [1.82, 2.24) is 0 Å². The largest absolute Gasteiger partial charge is 0.472 e. The van der Waals surface area contributed by atoms with Crippen LogP contribution in [-0.2, 0) is 65.4 Å². The van der Waals surface area contributed by atoms with Crippen LogP contribution < -0.4 is 0 Å². The van der Waals surface area contributed by atoms with Gasteiger partial charge in [-0.3, -0.25) is 37.3 Å². The Morgan fingerprint density at radius 2 is 0.526 bits per heavy atom. The van der Waals surface area contributed by atoms with Crippen LogP contribution in [0.2, 0.25) is 0 Å². The van der Waals surface area contributed by atoms with E-state index in [9.17, 15) is 43.2 Å². The molecule has 0 saturated carbocycles. The van der Waals surface area contributed by atoms with E-state index >= 15 is 0 Å². The van der Waals surface area contributed by atoms with Crippen LogP contribution >= 0.6 is 15.6 Å². The SMILES string of the molecule is CCCCCCCCCCCCCCCCCCCCCC(=O)O[C@H](COC(=O)CCCCCCCCCCCCCCCC)COP(=O)(O)OC[C@@H](O)COP(=O)(O)OC[C@@H](COC(=O)CCCCCCCCCCC(C)CC)OC(=O)CCCCCCCCCCCC(C)C. The van der Waals surface area contributed by atoms with E-state index in [-0.39, 0.29) is 25.7 Å². The quantitative estimate of drug-likeness (QED) is 0.0222. The highest BCUT2D eigenvalue weighted by Gasteiger charge is 2.30. The Kier molecular flexibility index (Phi) is 68.4. The smallest absolute Gasteiger partial charge is 0.462 e. The number of ether oxygens (including phenoxy) is 4. The molecule has 0 bridgehead atoms. The summed E-state index contributed by atoms with van der Waals surface area (Å²) in [5.74, 6) is -0.599. The van der Waals surface area contributed by atoms with Crippen molar-refractivity contribution in [2.45, 2.75) is 426 Å². The number of phosphoric acid groups is 2. The Labute approximate surface area is 594 Å². The number of hydrogen-bond acceptors (Lipinski definition) is 15. The molecule has 97 heavy (non-hydrogen) atoms. The number of hydrogen-bond donors (Lipinski definition) is 3. The molecule has 3 unspecified atom stereocenters. The predicted octanol–water partition coefficient (Wildman–Crippen LogP) is 23.1. The van der Waals surface area contributed by atoms with Crippen molar-refractivity contribution >= 4 is 39.5 Å². The van der Waals surface area contributed by atoms with Crippen molar-refractivity contribution in [2.24, 2.45) is 11.8 Å². The monoisotopic (exact) mass is 1420 g/mol. The molecule has 0 aromatic carbocycles. The third-order valence-electron chi connectivity index (χ3n) is 18.6. The Hall–Kier alpha value is -1.94. The van der Waals surface area contributed by atoms with Gasteiger partial charge in [-0.2, -0.15) is 0 Å². The van der Waals surface area contributed by atoms with E-state index in [0.717, 1.165) is 102 Å². The predicted molar refractivity (Wildman–Crippen MR) is 395 cm³/mol. The summed E-state index contributed by atoms with van der Waals surface area (Å²) in [5, 5.41) is 10.6. The highest BCUT2D eigenvalue weighted by Crippen LogP contribution is 2.45. The van der Waals surface area contributed by atoms with Crippen LogP contribution in [0.1, 0.15) is 408 Å². The van der Waals surface area contributed by atoms with Gasteiger partial charge in [-0.05, 0) is 37.5 Å². The minimum absolute atomic E-state index is 0.105. The average Bonchev–Trinajstić information content (AvgIpc) is 2.27. The number of phosphoric ester groups is 2. The molecular weight excluding hydrogens is 1270 g/mol. The molecule has 0 aliphatic heterocycles. The third-order valence-corrected chi connectivity index (χ3v) is 20.5. The Balaban J connectivity index is 5.25. The molecule has 0 spiro atoms. The normalized spacial score (nSPS) is 14.2. The third kappa shape index (κ3) is 70.9. The second-order valence-corrected chi connectivity index (χ2v) is 31.7. The summed E-state index contributed by atoms with van der Waals surface area (Å²) in [5.41, 5.74) is 0. The molecule has 3 N–H and O–H groups in total. The number of unbranched alkanes of at least 4 members (excludes halogenated alkanes) is 46. The molecular formula is C78H152O17P2. The molecule has 6 atom stereocenters. The second kappa shape index (κ2) is 69.8. The highest BCUT2D eigenvalue weighted by atomic mass is 31.2. The maximum Gasteiger partial charge on any atom is 0.472 e. The van der Waals surface area contributed by atoms with E-state index in [0.29, 0.717) is 25.7 Å². The number of carbonyl (C=O) groups excluding carboxylic acids is 4. The number of aliphatic hydroxyl groups is 1. The van der Waals surface area contributed by atoms with E-state index < -0.39 is 97.5 Å². The molecule has 0 heterocycles. The van der Waals surface area contributed by atoms with Crippen LogP contribution in [0, 0.1) is 11.8 Å². The summed E-state index contributed by atoms with van der Waals surface area (Å²) in [6, 6.07) is 0. The van der Waals surface area contributed by atoms with Crippen LogP contribution in [0.15, 0.2) is 0 Å². The first-order valence-corrected chi connectivity index (χ1v) is 43.5. The van der Waals surface area contributed by atoms with Gasteiger partial charge >= 0.3 is 39.5 Å². The van der Waals surface area contributed by atoms with Gasteiger partial charge in [-0.15, -0.1) is 0 Å². The Bertz CT molecular complexity index is 1870. The highest BCUT2D eigenvalue weighted by molar-refractivity contribution is 7.47. The van der Waals surface area contributed by atoms with Crippen molar-refractivity contribution in [3.63, 3.8) is 0 Å². The number of esters is 4. The molecule has 17 nitrogen and oxygen atoms in total. The molecule has 0 saturated heterocycles. The summed E-state index contributed by atoms with van der Waals surface area (Å²) in [6.07, 6.45) is 58.2. The van der Waals surface area contributed by atoms with E-state index in [4.69, 9.17) is 37.0 Å². The fraction of sp³-hybridized carbons (Fsp3) is 0.949. The topological polar surface area (TPSA) is 237 Å². The van der Waals surface area contributed by atoms with Crippen LogP contribution in [0.25, 0.3) is 0 Å². The maximum atomic E-state index is 13.1. The number of rotatable bonds is 77. The van der Waals surface area contributed by atoms with Gasteiger partial charge in [0.05, 0.1) is 26.4 Å². The molecule has 576 valence electrons. The van der Waals surface area contributed by atoms with Gasteiger partial charge < -0.3 is 33.8 Å². The average molecular weight is 1420 g/mol. The van der Waals surface area contributed by atoms with E-state index in [1.165, 1.54) is 225 Å². The van der Waals surface area contributed by atoms with Gasteiger partial charge in [0.1, 0.15) is 19.3 Å². The molecule has 0 aromatic heterocycles. The fourth-order valence-electron chi connectivity index (χ4n) is 12.0. The van der Waals surface area contributed by atoms with Crippen molar-refractivity contribution in [1.29, 1.82) is 0 Å². The second-order valence-electron chi connectivity index (χ2n) is 28.8. The van der Waals surface area contributed by atoms with E-state index in [1.54, 1.807) is 0 Å². The first-order chi connectivity index (χ1) is 46.9. The van der Waals surface area contributed by atoms with Crippen LogP contribution in [0.4, 0.5) is 0 Å². The molecule has 0 radical (unpaired) electrons. The summed E-state index contributed by atoms with van der Waals surface area (Å²) in [7, 11) is -9.92. The molecule has 0 rings (SSSR count). The summed E-state index contributed by atoms with van der Waals surface area (Å²) < 4.78 is 68.6. The van der Waals surface area contributed by atoms with Gasteiger partial charge in [-0.25, -0.2) is 9.13 Å².